The molecule has 32 heavy (non-hydrogen) atoms. The quantitative estimate of drug-likeness (QED) is 0.566. The molecule has 0 bridgehead atoms. The average molecular weight is 460 g/mol. The van der Waals surface area contributed by atoms with Gasteiger partial charge in [0.15, 0.2) is 6.61 Å². The Kier molecular flexibility index (Phi) is 8.00. The van der Waals surface area contributed by atoms with Crippen LogP contribution in [-0.2, 0) is 27.0 Å². The van der Waals surface area contributed by atoms with Gasteiger partial charge in [0.25, 0.3) is 5.91 Å². The lowest BCUT2D eigenvalue weighted by Gasteiger charge is -2.29. The number of nitrogens with zero attached hydrogens (tertiary/aromatic N) is 1. The van der Waals surface area contributed by atoms with Gasteiger partial charge in [0, 0.05) is 11.6 Å². The van der Waals surface area contributed by atoms with Crippen molar-refractivity contribution in [1.82, 2.24) is 4.90 Å². The van der Waals surface area contributed by atoms with Crippen LogP contribution in [0.1, 0.15) is 65.2 Å². The molecule has 2 aromatic carbocycles. The molecular formula is C26H34ClNO4. The lowest BCUT2D eigenvalue weighted by atomic mass is 9.80. The monoisotopic (exact) mass is 459 g/mol. The summed E-state index contributed by atoms with van der Waals surface area (Å²) in [5.41, 5.74) is 2.79. The molecule has 2 aromatic rings. The highest BCUT2D eigenvalue weighted by molar-refractivity contribution is 6.30. The molecule has 0 saturated heterocycles. The van der Waals surface area contributed by atoms with E-state index < -0.39 is 17.9 Å². The molecule has 1 atom stereocenters. The zero-order valence-corrected chi connectivity index (χ0v) is 20.8. The molecule has 174 valence electrons. The zero-order valence-electron chi connectivity index (χ0n) is 20.0. The predicted molar refractivity (Wildman–Crippen MR) is 128 cm³/mol. The molecule has 0 radical (unpaired) electrons. The summed E-state index contributed by atoms with van der Waals surface area (Å²) < 4.78 is 5.96. The topological polar surface area (TPSA) is 66.8 Å². The number of carboxylic acid groups (broad SMARTS) is 1. The number of halogens is 1. The number of aliphatic carboxylic acids is 1. The highest BCUT2D eigenvalue weighted by atomic mass is 35.5. The normalized spacial score (nSPS) is 12.9. The number of amides is 1. The first-order chi connectivity index (χ1) is 14.7. The molecule has 6 heteroatoms. The van der Waals surface area contributed by atoms with E-state index >= 15 is 0 Å². The molecule has 1 amide bonds. The first-order valence-electron chi connectivity index (χ1n) is 10.7. The van der Waals surface area contributed by atoms with Gasteiger partial charge in [0.2, 0.25) is 0 Å². The summed E-state index contributed by atoms with van der Waals surface area (Å²) in [6.45, 7) is 14.2. The van der Waals surface area contributed by atoms with Crippen LogP contribution >= 0.6 is 11.6 Å². The van der Waals surface area contributed by atoms with Crippen molar-refractivity contribution in [3.63, 3.8) is 0 Å². The minimum absolute atomic E-state index is 0.0132. The van der Waals surface area contributed by atoms with Gasteiger partial charge < -0.3 is 14.7 Å². The van der Waals surface area contributed by atoms with Crippen LogP contribution in [0.2, 0.25) is 5.02 Å². The van der Waals surface area contributed by atoms with Crippen molar-refractivity contribution in [2.75, 3.05) is 6.61 Å². The van der Waals surface area contributed by atoms with E-state index in [9.17, 15) is 14.7 Å². The van der Waals surface area contributed by atoms with Gasteiger partial charge in [0.1, 0.15) is 11.8 Å². The van der Waals surface area contributed by atoms with Crippen LogP contribution in [0.3, 0.4) is 0 Å². The Morgan fingerprint density at radius 1 is 1.00 bits per heavy atom. The smallest absolute Gasteiger partial charge is 0.326 e. The summed E-state index contributed by atoms with van der Waals surface area (Å²) in [6.07, 6.45) is 0. The number of carbonyl (C=O) groups is 2. The first kappa shape index (κ1) is 25.7. The van der Waals surface area contributed by atoms with Crippen molar-refractivity contribution in [3.8, 4) is 5.75 Å². The molecule has 5 nitrogen and oxygen atoms in total. The van der Waals surface area contributed by atoms with Crippen LogP contribution in [-0.4, -0.2) is 34.5 Å². The number of ether oxygens (including phenoxy) is 1. The van der Waals surface area contributed by atoms with Gasteiger partial charge in [-0.3, -0.25) is 4.79 Å². The fourth-order valence-corrected chi connectivity index (χ4v) is 3.42. The van der Waals surface area contributed by atoms with Crippen LogP contribution in [0, 0.1) is 0 Å². The van der Waals surface area contributed by atoms with Crippen LogP contribution in [0.4, 0.5) is 0 Å². The van der Waals surface area contributed by atoms with Crippen LogP contribution in [0.5, 0.6) is 5.75 Å². The molecule has 0 aliphatic rings. The maximum atomic E-state index is 13.0. The third-order valence-electron chi connectivity index (χ3n) is 5.42. The van der Waals surface area contributed by atoms with E-state index in [2.05, 4.69) is 47.6 Å². The van der Waals surface area contributed by atoms with Crippen LogP contribution in [0.15, 0.2) is 42.5 Å². The number of carboxylic acids is 1. The molecular weight excluding hydrogens is 426 g/mol. The standard InChI is InChI=1S/C26H34ClNO4/c1-17(24(30)31)28(15-18-8-11-20(27)12-9-18)23(29)16-32-22-13-10-19(25(2,3)4)14-21(22)26(5,6)7/h8-14,17H,15-16H2,1-7H3,(H,30,31)/t17-/m0/s1. The van der Waals surface area contributed by atoms with Gasteiger partial charge in [-0.15, -0.1) is 0 Å². The fraction of sp³-hybridized carbons (Fsp3) is 0.462. The van der Waals surface area contributed by atoms with Crippen molar-refractivity contribution in [1.29, 1.82) is 0 Å². The molecule has 0 saturated carbocycles. The molecule has 0 unspecified atom stereocenters. The molecule has 1 N–H and O–H groups in total. The van der Waals surface area contributed by atoms with Crippen molar-refractivity contribution < 1.29 is 19.4 Å². The Labute approximate surface area is 196 Å². The van der Waals surface area contributed by atoms with Gasteiger partial charge in [-0.05, 0) is 52.6 Å². The Morgan fingerprint density at radius 3 is 2.09 bits per heavy atom. The summed E-state index contributed by atoms with van der Waals surface area (Å²) in [4.78, 5) is 26.0. The van der Waals surface area contributed by atoms with Gasteiger partial charge in [0.05, 0.1) is 0 Å². The Morgan fingerprint density at radius 2 is 1.59 bits per heavy atom. The molecule has 0 aliphatic heterocycles. The molecule has 0 aliphatic carbocycles. The third-order valence-corrected chi connectivity index (χ3v) is 5.67. The van der Waals surface area contributed by atoms with E-state index in [1.54, 1.807) is 24.3 Å². The summed E-state index contributed by atoms with van der Waals surface area (Å²) in [6, 6.07) is 12.0. The minimum atomic E-state index is -1.07. The second kappa shape index (κ2) is 9.95. The van der Waals surface area contributed by atoms with E-state index in [0.29, 0.717) is 10.8 Å². The second-order valence-electron chi connectivity index (χ2n) is 10.2. The zero-order chi connectivity index (χ0) is 24.3. The minimum Gasteiger partial charge on any atom is -0.483 e. The Bertz CT molecular complexity index is 955. The SMILES string of the molecule is C[C@@H](C(=O)O)N(Cc1ccc(Cl)cc1)C(=O)COc1ccc(C(C)(C)C)cc1C(C)(C)C. The largest absolute Gasteiger partial charge is 0.483 e. The number of hydrogen-bond acceptors (Lipinski definition) is 3. The third kappa shape index (κ3) is 6.73. The second-order valence-corrected chi connectivity index (χ2v) is 10.6. The van der Waals surface area contributed by atoms with Gasteiger partial charge in [-0.2, -0.15) is 0 Å². The molecule has 0 fully saturated rings. The Hall–Kier alpha value is -2.53. The number of benzene rings is 2. The van der Waals surface area contributed by atoms with E-state index in [4.69, 9.17) is 16.3 Å². The maximum Gasteiger partial charge on any atom is 0.326 e. The molecule has 2 rings (SSSR count). The highest BCUT2D eigenvalue weighted by Crippen LogP contribution is 2.35. The fourth-order valence-electron chi connectivity index (χ4n) is 3.29. The van der Waals surface area contributed by atoms with Crippen molar-refractivity contribution >= 4 is 23.5 Å². The van der Waals surface area contributed by atoms with Gasteiger partial charge >= 0.3 is 5.97 Å². The van der Waals surface area contributed by atoms with E-state index in [-0.39, 0.29) is 24.0 Å². The summed E-state index contributed by atoms with van der Waals surface area (Å²) in [5.74, 6) is -0.833. The maximum absolute atomic E-state index is 13.0. The highest BCUT2D eigenvalue weighted by Gasteiger charge is 2.28. The van der Waals surface area contributed by atoms with Crippen molar-refractivity contribution in [2.45, 2.75) is 71.9 Å². The first-order valence-corrected chi connectivity index (χ1v) is 11.1. The lowest BCUT2D eigenvalue weighted by Crippen LogP contribution is -2.44. The predicted octanol–water partition coefficient (Wildman–Crippen LogP) is 5.82. The summed E-state index contributed by atoms with van der Waals surface area (Å²) >= 11 is 5.94. The number of rotatable bonds is 7. The van der Waals surface area contributed by atoms with Crippen molar-refractivity contribution in [3.05, 3.63) is 64.2 Å². The lowest BCUT2D eigenvalue weighted by molar-refractivity contribution is -0.150. The van der Waals surface area contributed by atoms with Gasteiger partial charge in [-0.25, -0.2) is 4.79 Å². The molecule has 0 spiro atoms. The van der Waals surface area contributed by atoms with E-state index in [1.807, 2.05) is 12.1 Å². The van der Waals surface area contributed by atoms with E-state index in [0.717, 1.165) is 11.1 Å². The summed E-state index contributed by atoms with van der Waals surface area (Å²) in [7, 11) is 0. The van der Waals surface area contributed by atoms with Gasteiger partial charge in [-0.1, -0.05) is 77.4 Å². The van der Waals surface area contributed by atoms with Crippen LogP contribution < -0.4 is 4.74 Å². The Balaban J connectivity index is 2.26. The molecule has 0 aromatic heterocycles. The number of carbonyl (C=O) groups excluding carboxylic acids is 1. The average Bonchev–Trinajstić information content (AvgIpc) is 2.69. The van der Waals surface area contributed by atoms with Crippen LogP contribution in [0.25, 0.3) is 0 Å². The van der Waals surface area contributed by atoms with Crippen molar-refractivity contribution in [2.24, 2.45) is 0 Å². The molecule has 0 heterocycles. The summed E-state index contributed by atoms with van der Waals surface area (Å²) in [5, 5.41) is 10.1. The number of hydrogen-bond donors (Lipinski definition) is 1. The van der Waals surface area contributed by atoms with E-state index in [1.165, 1.54) is 17.4 Å².